The van der Waals surface area contributed by atoms with Crippen LogP contribution in [0.1, 0.15) is 56.3 Å². The van der Waals surface area contributed by atoms with E-state index in [4.69, 9.17) is 19.9 Å². The van der Waals surface area contributed by atoms with E-state index in [1.165, 1.54) is 66.8 Å². The Labute approximate surface area is 360 Å². The van der Waals surface area contributed by atoms with Gasteiger partial charge < -0.3 is 0 Å². The van der Waals surface area contributed by atoms with Crippen molar-refractivity contribution in [3.05, 3.63) is 251 Å². The normalized spacial score (nSPS) is 22.8. The molecule has 0 saturated carbocycles. The molecule has 0 fully saturated rings. The molecule has 2 aromatic heterocycles. The van der Waals surface area contributed by atoms with Crippen LogP contribution in [0, 0.1) is 11.8 Å². The number of fused-ring (bicyclic) bond motifs is 20. The third kappa shape index (κ3) is 4.26. The fourth-order valence-electron chi connectivity index (χ4n) is 12.8. The zero-order chi connectivity index (χ0) is 40.6. The zero-order valence-corrected chi connectivity index (χ0v) is 33.7. The van der Waals surface area contributed by atoms with Gasteiger partial charge in [-0.1, -0.05) is 176 Å². The van der Waals surface area contributed by atoms with E-state index in [2.05, 4.69) is 182 Å². The second kappa shape index (κ2) is 12.5. The summed E-state index contributed by atoms with van der Waals surface area (Å²) >= 11 is 0. The highest BCUT2D eigenvalue weighted by atomic mass is 15.0. The molecule has 14 rings (SSSR count). The molecule has 6 aliphatic carbocycles. The van der Waals surface area contributed by atoms with Crippen molar-refractivity contribution < 1.29 is 0 Å². The predicted molar refractivity (Wildman–Crippen MR) is 246 cm³/mol. The molecule has 4 heteroatoms. The van der Waals surface area contributed by atoms with Gasteiger partial charge in [0.05, 0.1) is 5.41 Å². The lowest BCUT2D eigenvalue weighted by Crippen LogP contribution is -2.38. The summed E-state index contributed by atoms with van der Waals surface area (Å²) in [4.78, 5) is 20.7. The van der Waals surface area contributed by atoms with E-state index in [9.17, 15) is 0 Å². The molecule has 6 aromatic carbocycles. The number of allylic oxidation sites excluding steroid dienone is 8. The Kier molecular flexibility index (Phi) is 6.89. The van der Waals surface area contributed by atoms with Crippen LogP contribution in [0.4, 0.5) is 0 Å². The second-order valence-corrected chi connectivity index (χ2v) is 17.6. The van der Waals surface area contributed by atoms with E-state index >= 15 is 0 Å². The second-order valence-electron chi connectivity index (χ2n) is 17.6. The first-order chi connectivity index (χ1) is 30.7. The molecular weight excluding hydrogens is 753 g/mol. The minimum Gasteiger partial charge on any atom is -0.253 e. The van der Waals surface area contributed by atoms with Gasteiger partial charge in [-0.25, -0.2) is 15.0 Å². The molecule has 6 aliphatic rings. The van der Waals surface area contributed by atoms with Gasteiger partial charge in [-0.3, -0.25) is 4.98 Å². The zero-order valence-electron chi connectivity index (χ0n) is 33.7. The van der Waals surface area contributed by atoms with Crippen LogP contribution in [0.15, 0.2) is 206 Å². The number of hydrogen-bond acceptors (Lipinski definition) is 4. The smallest absolute Gasteiger partial charge is 0.182 e. The van der Waals surface area contributed by atoms with Crippen molar-refractivity contribution in [1.29, 1.82) is 0 Å². The quantitative estimate of drug-likeness (QED) is 0.179. The van der Waals surface area contributed by atoms with Crippen LogP contribution >= 0.6 is 0 Å². The molecule has 0 aliphatic heterocycles. The highest BCUT2D eigenvalue weighted by molar-refractivity contribution is 5.95. The molecule has 0 saturated heterocycles. The number of aromatic nitrogens is 4. The first-order valence-electron chi connectivity index (χ1n) is 21.8. The average Bonchev–Trinajstić information content (AvgIpc) is 4.03. The highest BCUT2D eigenvalue weighted by Gasteiger charge is 2.61. The van der Waals surface area contributed by atoms with E-state index in [0.717, 1.165) is 11.1 Å². The predicted octanol–water partition coefficient (Wildman–Crippen LogP) is 12.6. The van der Waals surface area contributed by atoms with Crippen LogP contribution in [-0.4, -0.2) is 19.9 Å². The molecule has 2 spiro atoms. The lowest BCUT2D eigenvalue weighted by molar-refractivity contribution is 0.312. The first-order valence-corrected chi connectivity index (χ1v) is 21.8. The molecule has 290 valence electrons. The number of hydrogen-bond donors (Lipinski definition) is 0. The van der Waals surface area contributed by atoms with Gasteiger partial charge in [0.2, 0.25) is 0 Å². The molecule has 0 bridgehead atoms. The van der Waals surface area contributed by atoms with Crippen molar-refractivity contribution in [2.24, 2.45) is 11.8 Å². The Balaban J connectivity index is 0.990. The van der Waals surface area contributed by atoms with E-state index in [1.807, 2.05) is 24.4 Å². The highest BCUT2D eigenvalue weighted by Crippen LogP contribution is 2.68. The Morgan fingerprint density at radius 2 is 0.855 bits per heavy atom. The summed E-state index contributed by atoms with van der Waals surface area (Å²) in [6.45, 7) is 0. The van der Waals surface area contributed by atoms with Gasteiger partial charge in [0.1, 0.15) is 5.69 Å². The number of pyridine rings is 1. The molecule has 8 aromatic rings. The minimum absolute atomic E-state index is 0.239. The van der Waals surface area contributed by atoms with E-state index in [0.29, 0.717) is 29.1 Å². The summed E-state index contributed by atoms with van der Waals surface area (Å²) in [6.07, 6.45) is 20.5. The third-order valence-corrected chi connectivity index (χ3v) is 15.0. The van der Waals surface area contributed by atoms with Crippen LogP contribution in [0.25, 0.3) is 56.5 Å². The summed E-state index contributed by atoms with van der Waals surface area (Å²) in [5.41, 5.74) is 17.8. The maximum atomic E-state index is 5.43. The van der Waals surface area contributed by atoms with Gasteiger partial charge in [0.15, 0.2) is 17.5 Å². The molecule has 5 atom stereocenters. The van der Waals surface area contributed by atoms with Gasteiger partial charge >= 0.3 is 0 Å². The van der Waals surface area contributed by atoms with Crippen molar-refractivity contribution in [3.63, 3.8) is 0 Å². The summed E-state index contributed by atoms with van der Waals surface area (Å²) < 4.78 is 0. The van der Waals surface area contributed by atoms with Gasteiger partial charge in [-0.2, -0.15) is 0 Å². The fraction of sp³-hybridized carbons (Fsp3) is 0.103. The molecule has 5 unspecified atom stereocenters. The van der Waals surface area contributed by atoms with Gasteiger partial charge in [-0.05, 0) is 91.0 Å². The lowest BCUT2D eigenvalue weighted by Gasteiger charge is -2.40. The Hall–Kier alpha value is -7.56. The van der Waals surface area contributed by atoms with Crippen molar-refractivity contribution in [2.75, 3.05) is 0 Å². The van der Waals surface area contributed by atoms with Crippen molar-refractivity contribution in [3.8, 4) is 56.5 Å². The summed E-state index contributed by atoms with van der Waals surface area (Å²) in [5.74, 6) is 3.01. The molecule has 62 heavy (non-hydrogen) atoms. The van der Waals surface area contributed by atoms with E-state index in [-0.39, 0.29) is 23.2 Å². The number of nitrogens with zero attached hydrogens (tertiary/aromatic N) is 4. The molecule has 0 radical (unpaired) electrons. The summed E-state index contributed by atoms with van der Waals surface area (Å²) in [6, 6.07) is 55.8. The molecule has 4 nitrogen and oxygen atoms in total. The summed E-state index contributed by atoms with van der Waals surface area (Å²) in [7, 11) is 0. The molecule has 0 N–H and O–H groups in total. The number of benzene rings is 6. The maximum absolute atomic E-state index is 5.43. The number of rotatable bonds is 3. The Bertz CT molecular complexity index is 3280. The Morgan fingerprint density at radius 3 is 1.47 bits per heavy atom. The standard InChI is InChI=1S/C58H38N4/c1-7-21-45-37(15-1)38-16-2-8-22-46(38)57(45)49-25-11-5-19-41(49)43-30-28-35(33-51(43)57)54-60-55(62-56(61-54)53-27-13-14-32-59-53)36-29-31-44-42-20-6-12-26-50(42)58(52(44)34-36)47-23-9-3-17-39(47)40-18-4-10-24-48(40)58/h1-34,37,41,45,49H. The van der Waals surface area contributed by atoms with Crippen molar-refractivity contribution in [1.82, 2.24) is 19.9 Å². The van der Waals surface area contributed by atoms with E-state index < -0.39 is 5.41 Å². The van der Waals surface area contributed by atoms with Crippen molar-refractivity contribution >= 4 is 0 Å². The van der Waals surface area contributed by atoms with Crippen LogP contribution in [0.2, 0.25) is 0 Å². The van der Waals surface area contributed by atoms with Gasteiger partial charge in [-0.15, -0.1) is 0 Å². The minimum atomic E-state index is -0.471. The molecule has 0 amide bonds. The maximum Gasteiger partial charge on any atom is 0.182 e. The average molecular weight is 791 g/mol. The molecular formula is C58H38N4. The largest absolute Gasteiger partial charge is 0.253 e. The van der Waals surface area contributed by atoms with Crippen LogP contribution in [-0.2, 0) is 10.8 Å². The molecule has 2 heterocycles. The fourth-order valence-corrected chi connectivity index (χ4v) is 12.8. The third-order valence-electron chi connectivity index (χ3n) is 15.0. The summed E-state index contributed by atoms with van der Waals surface area (Å²) in [5, 5.41) is 0. The lowest BCUT2D eigenvalue weighted by atomic mass is 9.61. The van der Waals surface area contributed by atoms with E-state index in [1.54, 1.807) is 0 Å². The van der Waals surface area contributed by atoms with Crippen LogP contribution in [0.5, 0.6) is 0 Å². The topological polar surface area (TPSA) is 51.6 Å². The van der Waals surface area contributed by atoms with Crippen LogP contribution < -0.4 is 0 Å². The monoisotopic (exact) mass is 790 g/mol. The SMILES string of the molecule is C1=CC2c3ccccc3C3(c4cc(-c5nc(-c6ccc7c(c6)C6(c8ccccc8-c8ccccc86)c6ccccc6-7)nc(-c6ccccn6)n5)ccc4C4C=CC=CC43)C2C=C1. The first kappa shape index (κ1) is 34.2. The Morgan fingerprint density at radius 1 is 0.371 bits per heavy atom. The van der Waals surface area contributed by atoms with Gasteiger partial charge in [0.25, 0.3) is 0 Å². The van der Waals surface area contributed by atoms with Crippen molar-refractivity contribution in [2.45, 2.75) is 22.7 Å². The van der Waals surface area contributed by atoms with Gasteiger partial charge in [0, 0.05) is 46.4 Å². The van der Waals surface area contributed by atoms with Crippen LogP contribution in [0.3, 0.4) is 0 Å².